The molecule has 0 saturated carbocycles. The maximum atomic E-state index is 5.90. The lowest BCUT2D eigenvalue weighted by Gasteiger charge is -2.07. The van der Waals surface area contributed by atoms with Crippen molar-refractivity contribution >= 4 is 17.3 Å². The fourth-order valence-electron chi connectivity index (χ4n) is 1.64. The summed E-state index contributed by atoms with van der Waals surface area (Å²) in [6, 6.07) is 12.1. The van der Waals surface area contributed by atoms with Crippen molar-refractivity contribution in [2.75, 3.05) is 5.73 Å². The molecule has 2 rings (SSSR count). The molecule has 2 heteroatoms. The van der Waals surface area contributed by atoms with Gasteiger partial charge in [0.2, 0.25) is 0 Å². The molecular weight excluding hydrogens is 218 g/mol. The molecular formula is C14H14ClN. The fraction of sp³-hybridized carbons (Fsp3) is 0.143. The number of anilines is 1. The lowest BCUT2D eigenvalue weighted by Crippen LogP contribution is -1.88. The van der Waals surface area contributed by atoms with Crippen LogP contribution in [0, 0.1) is 13.8 Å². The van der Waals surface area contributed by atoms with Gasteiger partial charge in [0, 0.05) is 0 Å². The Morgan fingerprint density at radius 2 is 1.50 bits per heavy atom. The van der Waals surface area contributed by atoms with Gasteiger partial charge in [-0.25, -0.2) is 0 Å². The molecule has 0 aromatic heterocycles. The highest BCUT2D eigenvalue weighted by atomic mass is 35.5. The van der Waals surface area contributed by atoms with Crippen molar-refractivity contribution in [1.82, 2.24) is 0 Å². The summed E-state index contributed by atoms with van der Waals surface area (Å²) in [4.78, 5) is 0. The monoisotopic (exact) mass is 231 g/mol. The first-order valence-electron chi connectivity index (χ1n) is 5.20. The summed E-state index contributed by atoms with van der Waals surface area (Å²) in [6.07, 6.45) is 0. The first-order chi connectivity index (χ1) is 7.58. The van der Waals surface area contributed by atoms with E-state index in [2.05, 4.69) is 32.0 Å². The molecule has 0 radical (unpaired) electrons. The van der Waals surface area contributed by atoms with Gasteiger partial charge in [0.05, 0.1) is 10.7 Å². The number of nitrogens with two attached hydrogens (primary N) is 1. The second-order valence-electron chi connectivity index (χ2n) is 4.04. The Morgan fingerprint density at radius 1 is 0.875 bits per heavy atom. The molecule has 0 saturated heterocycles. The molecule has 82 valence electrons. The van der Waals surface area contributed by atoms with E-state index in [9.17, 15) is 0 Å². The minimum atomic E-state index is 0.604. The quantitative estimate of drug-likeness (QED) is 0.732. The highest BCUT2D eigenvalue weighted by molar-refractivity contribution is 6.33. The van der Waals surface area contributed by atoms with Crippen LogP contribution in [0.15, 0.2) is 36.4 Å². The Kier molecular flexibility index (Phi) is 2.88. The molecule has 16 heavy (non-hydrogen) atoms. The third kappa shape index (κ3) is 2.05. The summed E-state index contributed by atoms with van der Waals surface area (Å²) < 4.78 is 0. The van der Waals surface area contributed by atoms with Crippen molar-refractivity contribution in [3.05, 3.63) is 52.5 Å². The largest absolute Gasteiger partial charge is 0.398 e. The van der Waals surface area contributed by atoms with E-state index in [1.54, 1.807) is 0 Å². The van der Waals surface area contributed by atoms with E-state index in [0.29, 0.717) is 10.7 Å². The minimum absolute atomic E-state index is 0.604. The van der Waals surface area contributed by atoms with Crippen LogP contribution in [-0.4, -0.2) is 0 Å². The average Bonchev–Trinajstić information content (AvgIpc) is 2.26. The smallest absolute Gasteiger partial charge is 0.0635 e. The molecule has 0 unspecified atom stereocenters. The van der Waals surface area contributed by atoms with Gasteiger partial charge in [0.25, 0.3) is 0 Å². The van der Waals surface area contributed by atoms with Crippen LogP contribution in [0.25, 0.3) is 11.1 Å². The van der Waals surface area contributed by atoms with Crippen molar-refractivity contribution in [1.29, 1.82) is 0 Å². The molecule has 0 aliphatic carbocycles. The van der Waals surface area contributed by atoms with E-state index in [4.69, 9.17) is 17.3 Å². The Bertz CT molecular complexity index is 483. The molecule has 2 N–H and O–H groups in total. The Morgan fingerprint density at radius 3 is 2.12 bits per heavy atom. The molecule has 0 amide bonds. The van der Waals surface area contributed by atoms with E-state index in [0.717, 1.165) is 5.56 Å². The lowest BCUT2D eigenvalue weighted by molar-refractivity contribution is 1.34. The van der Waals surface area contributed by atoms with Crippen molar-refractivity contribution in [3.8, 4) is 11.1 Å². The maximum Gasteiger partial charge on any atom is 0.0635 e. The second-order valence-corrected chi connectivity index (χ2v) is 4.44. The molecule has 0 bridgehead atoms. The van der Waals surface area contributed by atoms with Crippen LogP contribution in [-0.2, 0) is 0 Å². The number of benzene rings is 2. The van der Waals surface area contributed by atoms with Crippen molar-refractivity contribution in [2.45, 2.75) is 13.8 Å². The number of hydrogen-bond acceptors (Lipinski definition) is 1. The summed E-state index contributed by atoms with van der Waals surface area (Å²) in [5.41, 5.74) is 11.3. The van der Waals surface area contributed by atoms with Crippen LogP contribution in [0.4, 0.5) is 5.69 Å². The summed E-state index contributed by atoms with van der Waals surface area (Å²) in [6.45, 7) is 4.22. The molecule has 1 nitrogen and oxygen atoms in total. The SMILES string of the molecule is Cc1ccc(-c2ccc(Cl)c(N)c2)cc1C. The van der Waals surface area contributed by atoms with Gasteiger partial charge < -0.3 is 5.73 Å². The standard InChI is InChI=1S/C14H14ClN/c1-9-3-4-11(7-10(9)2)12-5-6-13(15)14(16)8-12/h3-8H,16H2,1-2H3. The Hall–Kier alpha value is -1.47. The van der Waals surface area contributed by atoms with E-state index < -0.39 is 0 Å². The van der Waals surface area contributed by atoms with Crippen LogP contribution in [0.5, 0.6) is 0 Å². The van der Waals surface area contributed by atoms with Gasteiger partial charge in [-0.05, 0) is 48.2 Å². The van der Waals surface area contributed by atoms with Crippen molar-refractivity contribution in [3.63, 3.8) is 0 Å². The van der Waals surface area contributed by atoms with Gasteiger partial charge in [-0.1, -0.05) is 35.9 Å². The first-order valence-corrected chi connectivity index (χ1v) is 5.58. The normalized spacial score (nSPS) is 10.4. The van der Waals surface area contributed by atoms with E-state index in [-0.39, 0.29) is 0 Å². The van der Waals surface area contributed by atoms with Crippen LogP contribution >= 0.6 is 11.6 Å². The summed E-state index contributed by atoms with van der Waals surface area (Å²) in [7, 11) is 0. The molecule has 0 atom stereocenters. The summed E-state index contributed by atoms with van der Waals surface area (Å²) in [5.74, 6) is 0. The number of aryl methyl sites for hydroxylation is 2. The molecule has 2 aromatic carbocycles. The number of halogens is 1. The van der Waals surface area contributed by atoms with Gasteiger partial charge in [-0.3, -0.25) is 0 Å². The topological polar surface area (TPSA) is 26.0 Å². The molecule has 2 aromatic rings. The highest BCUT2D eigenvalue weighted by Crippen LogP contribution is 2.27. The highest BCUT2D eigenvalue weighted by Gasteiger charge is 2.02. The molecule has 0 heterocycles. The van der Waals surface area contributed by atoms with Crippen molar-refractivity contribution < 1.29 is 0 Å². The Balaban J connectivity index is 2.50. The third-order valence-electron chi connectivity index (χ3n) is 2.84. The maximum absolute atomic E-state index is 5.90. The van der Waals surface area contributed by atoms with Crippen LogP contribution in [0.3, 0.4) is 0 Å². The molecule has 0 aliphatic rings. The number of rotatable bonds is 1. The fourth-order valence-corrected chi connectivity index (χ4v) is 1.76. The third-order valence-corrected chi connectivity index (χ3v) is 3.18. The van der Waals surface area contributed by atoms with Crippen LogP contribution < -0.4 is 5.73 Å². The zero-order valence-electron chi connectivity index (χ0n) is 9.42. The van der Waals surface area contributed by atoms with Crippen LogP contribution in [0.1, 0.15) is 11.1 Å². The molecule has 0 spiro atoms. The van der Waals surface area contributed by atoms with Gasteiger partial charge >= 0.3 is 0 Å². The van der Waals surface area contributed by atoms with E-state index in [1.165, 1.54) is 16.7 Å². The second kappa shape index (κ2) is 4.18. The summed E-state index contributed by atoms with van der Waals surface area (Å²) >= 11 is 5.90. The van der Waals surface area contributed by atoms with Gasteiger partial charge in [0.1, 0.15) is 0 Å². The van der Waals surface area contributed by atoms with Crippen LogP contribution in [0.2, 0.25) is 5.02 Å². The van der Waals surface area contributed by atoms with E-state index >= 15 is 0 Å². The predicted octanol–water partition coefficient (Wildman–Crippen LogP) is 4.21. The minimum Gasteiger partial charge on any atom is -0.398 e. The van der Waals surface area contributed by atoms with Gasteiger partial charge in [-0.2, -0.15) is 0 Å². The molecule has 0 fully saturated rings. The first kappa shape index (κ1) is 11.0. The van der Waals surface area contributed by atoms with Gasteiger partial charge in [-0.15, -0.1) is 0 Å². The molecule has 0 aliphatic heterocycles. The number of nitrogen functional groups attached to an aromatic ring is 1. The lowest BCUT2D eigenvalue weighted by atomic mass is 10.0. The zero-order chi connectivity index (χ0) is 11.7. The predicted molar refractivity (Wildman–Crippen MR) is 70.8 cm³/mol. The zero-order valence-corrected chi connectivity index (χ0v) is 10.2. The Labute approximate surface area is 101 Å². The van der Waals surface area contributed by atoms with Gasteiger partial charge in [0.15, 0.2) is 0 Å². The van der Waals surface area contributed by atoms with E-state index in [1.807, 2.05) is 18.2 Å². The average molecular weight is 232 g/mol. The summed E-state index contributed by atoms with van der Waals surface area (Å²) in [5, 5.41) is 0.604. The number of hydrogen-bond donors (Lipinski definition) is 1. The van der Waals surface area contributed by atoms with Crippen molar-refractivity contribution in [2.24, 2.45) is 0 Å².